The molecule has 0 saturated carbocycles. The van der Waals surface area contributed by atoms with Gasteiger partial charge in [0.15, 0.2) is 0 Å². The van der Waals surface area contributed by atoms with Crippen LogP contribution in [0.15, 0.2) is 52.0 Å². The van der Waals surface area contributed by atoms with Crippen LogP contribution in [0.3, 0.4) is 0 Å². The van der Waals surface area contributed by atoms with Crippen molar-refractivity contribution in [3.8, 4) is 0 Å². The van der Waals surface area contributed by atoms with E-state index in [9.17, 15) is 14.0 Å². The van der Waals surface area contributed by atoms with Crippen molar-refractivity contribution < 1.29 is 18.4 Å². The minimum absolute atomic E-state index is 0.0183. The molecule has 0 radical (unpaired) electrons. The van der Waals surface area contributed by atoms with Gasteiger partial charge in [-0.3, -0.25) is 9.59 Å². The van der Waals surface area contributed by atoms with E-state index in [2.05, 4.69) is 5.32 Å². The maximum Gasteiger partial charge on any atom is 0.243 e. The Hall–Kier alpha value is -2.28. The quantitative estimate of drug-likeness (QED) is 0.754. The molecule has 1 N–H and O–H groups in total. The van der Waals surface area contributed by atoms with Gasteiger partial charge in [0, 0.05) is 23.6 Å². The van der Waals surface area contributed by atoms with E-state index in [-0.39, 0.29) is 17.6 Å². The molecule has 0 aliphatic carbocycles. The van der Waals surface area contributed by atoms with E-state index in [1.54, 1.807) is 35.4 Å². The Labute approximate surface area is 155 Å². The van der Waals surface area contributed by atoms with Crippen LogP contribution in [0, 0.1) is 5.82 Å². The van der Waals surface area contributed by atoms with Crippen LogP contribution in [-0.2, 0) is 16.1 Å². The highest BCUT2D eigenvalue weighted by atomic mass is 32.2. The van der Waals surface area contributed by atoms with Crippen molar-refractivity contribution in [2.75, 3.05) is 12.3 Å². The molecule has 26 heavy (non-hydrogen) atoms. The molecule has 1 aliphatic rings. The summed E-state index contributed by atoms with van der Waals surface area (Å²) in [4.78, 5) is 27.5. The first kappa shape index (κ1) is 18.5. The van der Waals surface area contributed by atoms with Gasteiger partial charge in [0.25, 0.3) is 0 Å². The monoisotopic (exact) mass is 376 g/mol. The highest BCUT2D eigenvalue weighted by Crippen LogP contribution is 2.22. The van der Waals surface area contributed by atoms with Gasteiger partial charge in [0.2, 0.25) is 11.8 Å². The zero-order chi connectivity index (χ0) is 18.4. The summed E-state index contributed by atoms with van der Waals surface area (Å²) in [5.41, 5.74) is 0. The van der Waals surface area contributed by atoms with Crippen LogP contribution >= 0.6 is 11.8 Å². The summed E-state index contributed by atoms with van der Waals surface area (Å²) in [5.74, 6) is 0.853. The number of likely N-dealkylation sites (tertiary alicyclic amines) is 1. The van der Waals surface area contributed by atoms with Gasteiger partial charge in [-0.2, -0.15) is 0 Å². The zero-order valence-electron chi connectivity index (χ0n) is 14.3. The van der Waals surface area contributed by atoms with E-state index in [4.69, 9.17) is 4.42 Å². The number of amides is 2. The van der Waals surface area contributed by atoms with Crippen molar-refractivity contribution in [1.29, 1.82) is 0 Å². The summed E-state index contributed by atoms with van der Waals surface area (Å²) >= 11 is 1.51. The Morgan fingerprint density at radius 1 is 1.27 bits per heavy atom. The van der Waals surface area contributed by atoms with E-state index >= 15 is 0 Å². The lowest BCUT2D eigenvalue weighted by Crippen LogP contribution is -2.45. The predicted octanol–water partition coefficient (Wildman–Crippen LogP) is 3.21. The fourth-order valence-corrected chi connectivity index (χ4v) is 3.81. The van der Waals surface area contributed by atoms with Gasteiger partial charge in [0.05, 0.1) is 12.8 Å². The van der Waals surface area contributed by atoms with Crippen LogP contribution in [0.5, 0.6) is 0 Å². The van der Waals surface area contributed by atoms with Crippen molar-refractivity contribution in [2.24, 2.45) is 0 Å². The number of hydrogen-bond donors (Lipinski definition) is 1. The zero-order valence-corrected chi connectivity index (χ0v) is 15.1. The van der Waals surface area contributed by atoms with Crippen LogP contribution in [0.4, 0.5) is 4.39 Å². The second kappa shape index (κ2) is 8.89. The van der Waals surface area contributed by atoms with Crippen molar-refractivity contribution in [3.63, 3.8) is 0 Å². The predicted molar refractivity (Wildman–Crippen MR) is 97.0 cm³/mol. The lowest BCUT2D eigenvalue weighted by Gasteiger charge is -2.23. The van der Waals surface area contributed by atoms with Gasteiger partial charge < -0.3 is 14.6 Å². The number of nitrogens with zero attached hydrogens (tertiary/aromatic N) is 1. The molecule has 1 unspecified atom stereocenters. The lowest BCUT2D eigenvalue weighted by atomic mass is 10.2. The number of halogens is 1. The number of carbonyl (C=O) groups is 2. The van der Waals surface area contributed by atoms with Crippen molar-refractivity contribution in [3.05, 3.63) is 54.2 Å². The molecule has 2 heterocycles. The Bertz CT molecular complexity index is 734. The van der Waals surface area contributed by atoms with Crippen LogP contribution < -0.4 is 5.32 Å². The van der Waals surface area contributed by atoms with Crippen molar-refractivity contribution in [1.82, 2.24) is 10.2 Å². The third-order valence-corrected chi connectivity index (χ3v) is 5.30. The number of carbonyl (C=O) groups excluding carboxylic acids is 2. The SMILES string of the molecule is O=C(NCc1ccco1)C1CCCN1C(=O)CCSc1ccc(F)cc1. The molecule has 138 valence electrons. The molecule has 1 fully saturated rings. The van der Waals surface area contributed by atoms with Gasteiger partial charge >= 0.3 is 0 Å². The van der Waals surface area contributed by atoms with Crippen LogP contribution in [0.2, 0.25) is 0 Å². The van der Waals surface area contributed by atoms with E-state index in [1.165, 1.54) is 23.9 Å². The van der Waals surface area contributed by atoms with E-state index in [1.807, 2.05) is 0 Å². The summed E-state index contributed by atoms with van der Waals surface area (Å²) in [6.07, 6.45) is 3.42. The first-order valence-electron chi connectivity index (χ1n) is 8.61. The maximum absolute atomic E-state index is 12.9. The summed E-state index contributed by atoms with van der Waals surface area (Å²) < 4.78 is 18.1. The molecule has 7 heteroatoms. The van der Waals surface area contributed by atoms with Gasteiger partial charge in [-0.15, -0.1) is 11.8 Å². The molecule has 1 saturated heterocycles. The highest BCUT2D eigenvalue weighted by Gasteiger charge is 2.33. The molecular weight excluding hydrogens is 355 g/mol. The van der Waals surface area contributed by atoms with Crippen LogP contribution in [-0.4, -0.2) is 35.1 Å². The highest BCUT2D eigenvalue weighted by molar-refractivity contribution is 7.99. The number of hydrogen-bond acceptors (Lipinski definition) is 4. The van der Waals surface area contributed by atoms with Gasteiger partial charge in [-0.1, -0.05) is 0 Å². The first-order valence-corrected chi connectivity index (χ1v) is 9.60. The largest absolute Gasteiger partial charge is 0.467 e. The molecule has 3 rings (SSSR count). The molecule has 0 spiro atoms. The summed E-state index contributed by atoms with van der Waals surface area (Å²) in [5, 5.41) is 2.83. The standard InChI is InChI=1S/C19H21FN2O3S/c20-14-5-7-16(8-6-14)26-12-9-18(23)22-10-1-4-17(22)19(24)21-13-15-3-2-11-25-15/h2-3,5-8,11,17H,1,4,9-10,12-13H2,(H,21,24). The Morgan fingerprint density at radius 3 is 2.81 bits per heavy atom. The second-order valence-corrected chi connectivity index (χ2v) is 7.26. The Kier molecular flexibility index (Phi) is 6.33. The molecule has 1 aromatic heterocycles. The minimum Gasteiger partial charge on any atom is -0.467 e. The topological polar surface area (TPSA) is 62.6 Å². The Morgan fingerprint density at radius 2 is 2.08 bits per heavy atom. The minimum atomic E-state index is -0.409. The average molecular weight is 376 g/mol. The Balaban J connectivity index is 1.46. The van der Waals surface area contributed by atoms with Crippen molar-refractivity contribution in [2.45, 2.75) is 36.7 Å². The van der Waals surface area contributed by atoms with E-state index in [0.29, 0.717) is 37.4 Å². The summed E-state index contributed by atoms with van der Waals surface area (Å²) in [7, 11) is 0. The summed E-state index contributed by atoms with van der Waals surface area (Å²) in [6.45, 7) is 0.934. The number of benzene rings is 1. The molecule has 1 aromatic carbocycles. The maximum atomic E-state index is 12.9. The van der Waals surface area contributed by atoms with E-state index in [0.717, 1.165) is 11.3 Å². The number of furan rings is 1. The van der Waals surface area contributed by atoms with E-state index < -0.39 is 6.04 Å². The molecule has 2 aromatic rings. The molecule has 5 nitrogen and oxygen atoms in total. The number of nitrogens with one attached hydrogen (secondary N) is 1. The average Bonchev–Trinajstić information content (AvgIpc) is 3.33. The summed E-state index contributed by atoms with van der Waals surface area (Å²) in [6, 6.07) is 9.37. The fourth-order valence-electron chi connectivity index (χ4n) is 2.97. The van der Waals surface area contributed by atoms with Gasteiger partial charge in [-0.25, -0.2) is 4.39 Å². The van der Waals surface area contributed by atoms with Crippen LogP contribution in [0.1, 0.15) is 25.0 Å². The number of rotatable bonds is 7. The number of thioether (sulfide) groups is 1. The fraction of sp³-hybridized carbons (Fsp3) is 0.368. The molecule has 0 bridgehead atoms. The third kappa shape index (κ3) is 4.88. The first-order chi connectivity index (χ1) is 12.6. The lowest BCUT2D eigenvalue weighted by molar-refractivity contribution is -0.138. The van der Waals surface area contributed by atoms with Gasteiger partial charge in [-0.05, 0) is 49.2 Å². The normalized spacial score (nSPS) is 16.7. The van der Waals surface area contributed by atoms with Gasteiger partial charge in [0.1, 0.15) is 17.6 Å². The second-order valence-electron chi connectivity index (χ2n) is 6.09. The smallest absolute Gasteiger partial charge is 0.243 e. The molecule has 1 aliphatic heterocycles. The van der Waals surface area contributed by atoms with Crippen LogP contribution in [0.25, 0.3) is 0 Å². The molecular formula is C19H21FN2O3S. The molecule has 2 amide bonds. The van der Waals surface area contributed by atoms with Crippen molar-refractivity contribution >= 4 is 23.6 Å². The third-order valence-electron chi connectivity index (χ3n) is 4.29. The molecule has 1 atom stereocenters.